The molecule has 0 radical (unpaired) electrons. The van der Waals surface area contributed by atoms with E-state index in [0.717, 1.165) is 5.13 Å². The van der Waals surface area contributed by atoms with Crippen molar-refractivity contribution in [3.63, 3.8) is 0 Å². The van der Waals surface area contributed by atoms with Crippen LogP contribution in [0.4, 0.5) is 10.9 Å². The number of nitrogens with zero attached hydrogens (tertiary/aromatic N) is 1. The van der Waals surface area contributed by atoms with E-state index in [1.165, 1.54) is 36.2 Å². The number of nitrogen functional groups attached to an aromatic ring is 1. The van der Waals surface area contributed by atoms with Crippen LogP contribution in [0.3, 0.4) is 0 Å². The van der Waals surface area contributed by atoms with Crippen LogP contribution >= 0.6 is 11.3 Å². The maximum Gasteiger partial charge on any atom is 0.265 e. The van der Waals surface area contributed by atoms with Crippen molar-refractivity contribution in [2.24, 2.45) is 0 Å². The summed E-state index contributed by atoms with van der Waals surface area (Å²) in [4.78, 5) is 16.6. The van der Waals surface area contributed by atoms with Gasteiger partial charge in [0, 0.05) is 12.6 Å². The van der Waals surface area contributed by atoms with Gasteiger partial charge in [-0.05, 0) is 33.1 Å². The minimum absolute atomic E-state index is 0.158. The molecule has 0 aromatic carbocycles. The Morgan fingerprint density at radius 3 is 2.84 bits per heavy atom. The van der Waals surface area contributed by atoms with Gasteiger partial charge in [-0.3, -0.25) is 4.79 Å². The molecule has 5 nitrogen and oxygen atoms in total. The first kappa shape index (κ1) is 13.9. The Balaban J connectivity index is 1.94. The van der Waals surface area contributed by atoms with Crippen molar-refractivity contribution >= 4 is 28.2 Å². The second kappa shape index (κ2) is 6.06. The molecule has 2 rings (SSSR count). The van der Waals surface area contributed by atoms with Gasteiger partial charge in [-0.25, -0.2) is 4.98 Å². The van der Waals surface area contributed by atoms with Crippen LogP contribution in [-0.4, -0.2) is 23.5 Å². The summed E-state index contributed by atoms with van der Waals surface area (Å²) in [7, 11) is 0. The number of hydrogen-bond acceptors (Lipinski definition) is 5. The second-order valence-corrected chi connectivity index (χ2v) is 6.00. The predicted octanol–water partition coefficient (Wildman–Crippen LogP) is 2.39. The number of amides is 1. The molecule has 1 aliphatic carbocycles. The van der Waals surface area contributed by atoms with Crippen molar-refractivity contribution in [2.45, 2.75) is 39.2 Å². The van der Waals surface area contributed by atoms with Gasteiger partial charge < -0.3 is 16.4 Å². The molecule has 0 bridgehead atoms. The van der Waals surface area contributed by atoms with Crippen LogP contribution in [0.1, 0.15) is 42.8 Å². The number of thiazole rings is 1. The standard InChI is InChI=1S/C13H20N4OS/c1-8(2)6-7-15-12(18)10-11(14)17-13(19-10)16-9-4-3-5-9/h6,9H,3-5,7,14H2,1-2H3,(H,15,18)(H,16,17). The van der Waals surface area contributed by atoms with Gasteiger partial charge in [-0.2, -0.15) is 0 Å². The third-order valence-electron chi connectivity index (χ3n) is 3.07. The molecule has 1 aliphatic rings. The van der Waals surface area contributed by atoms with E-state index in [1.807, 2.05) is 19.9 Å². The van der Waals surface area contributed by atoms with Crippen LogP contribution in [0, 0.1) is 0 Å². The normalized spacial score (nSPS) is 14.6. The number of allylic oxidation sites excluding steroid dienone is 1. The summed E-state index contributed by atoms with van der Waals surface area (Å²) in [6, 6.07) is 0.493. The molecule has 0 unspecified atom stereocenters. The number of anilines is 2. The molecule has 0 saturated heterocycles. The molecule has 1 aromatic rings. The number of aromatic nitrogens is 1. The number of carbonyl (C=O) groups excluding carboxylic acids is 1. The summed E-state index contributed by atoms with van der Waals surface area (Å²) in [6.45, 7) is 4.51. The molecule has 0 atom stereocenters. The van der Waals surface area contributed by atoms with Crippen LogP contribution in [0.5, 0.6) is 0 Å². The minimum atomic E-state index is -0.158. The smallest absolute Gasteiger partial charge is 0.265 e. The molecular formula is C13H20N4OS. The summed E-state index contributed by atoms with van der Waals surface area (Å²) in [6.07, 6.45) is 5.56. The first-order valence-corrected chi connectivity index (χ1v) is 7.32. The van der Waals surface area contributed by atoms with E-state index in [1.54, 1.807) is 0 Å². The monoisotopic (exact) mass is 280 g/mol. The molecule has 1 aromatic heterocycles. The Morgan fingerprint density at radius 2 is 2.26 bits per heavy atom. The third kappa shape index (κ3) is 3.70. The van der Waals surface area contributed by atoms with Crippen molar-refractivity contribution in [3.05, 3.63) is 16.5 Å². The number of hydrogen-bond donors (Lipinski definition) is 3. The Hall–Kier alpha value is -1.56. The van der Waals surface area contributed by atoms with Crippen molar-refractivity contribution in [2.75, 3.05) is 17.6 Å². The van der Waals surface area contributed by atoms with Crippen LogP contribution < -0.4 is 16.4 Å². The number of nitrogens with one attached hydrogen (secondary N) is 2. The zero-order chi connectivity index (χ0) is 13.8. The summed E-state index contributed by atoms with van der Waals surface area (Å²) in [5.74, 6) is 0.149. The van der Waals surface area contributed by atoms with Gasteiger partial charge in [0.2, 0.25) is 0 Å². The van der Waals surface area contributed by atoms with Crippen molar-refractivity contribution in [1.82, 2.24) is 10.3 Å². The summed E-state index contributed by atoms with van der Waals surface area (Å²) >= 11 is 1.32. The molecule has 1 amide bonds. The summed E-state index contributed by atoms with van der Waals surface area (Å²) in [5, 5.41) is 6.86. The highest BCUT2D eigenvalue weighted by Crippen LogP contribution is 2.29. The zero-order valence-electron chi connectivity index (χ0n) is 11.3. The third-order valence-corrected chi connectivity index (χ3v) is 4.07. The van der Waals surface area contributed by atoms with Gasteiger partial charge in [-0.1, -0.05) is 23.0 Å². The molecule has 1 heterocycles. The number of carbonyl (C=O) groups is 1. The van der Waals surface area contributed by atoms with E-state index in [-0.39, 0.29) is 5.91 Å². The predicted molar refractivity (Wildman–Crippen MR) is 79.6 cm³/mol. The van der Waals surface area contributed by atoms with Gasteiger partial charge in [0.05, 0.1) is 0 Å². The van der Waals surface area contributed by atoms with E-state index in [4.69, 9.17) is 5.73 Å². The Morgan fingerprint density at radius 1 is 1.53 bits per heavy atom. The lowest BCUT2D eigenvalue weighted by molar-refractivity contribution is 0.0962. The summed E-state index contributed by atoms with van der Waals surface area (Å²) < 4.78 is 0. The zero-order valence-corrected chi connectivity index (χ0v) is 12.1. The lowest BCUT2D eigenvalue weighted by Crippen LogP contribution is -2.26. The topological polar surface area (TPSA) is 80.0 Å². The highest BCUT2D eigenvalue weighted by atomic mass is 32.1. The molecule has 0 spiro atoms. The van der Waals surface area contributed by atoms with E-state index < -0.39 is 0 Å². The fraction of sp³-hybridized carbons (Fsp3) is 0.538. The molecule has 6 heteroatoms. The van der Waals surface area contributed by atoms with Gasteiger partial charge >= 0.3 is 0 Å². The fourth-order valence-electron chi connectivity index (χ4n) is 1.71. The van der Waals surface area contributed by atoms with Crippen molar-refractivity contribution in [3.8, 4) is 0 Å². The maximum atomic E-state index is 12.0. The molecular weight excluding hydrogens is 260 g/mol. The van der Waals surface area contributed by atoms with Crippen molar-refractivity contribution in [1.29, 1.82) is 0 Å². The quantitative estimate of drug-likeness (QED) is 0.723. The van der Waals surface area contributed by atoms with E-state index in [2.05, 4.69) is 15.6 Å². The average molecular weight is 280 g/mol. The average Bonchev–Trinajstić information content (AvgIpc) is 2.64. The van der Waals surface area contributed by atoms with Gasteiger partial charge in [0.25, 0.3) is 5.91 Å². The van der Waals surface area contributed by atoms with Crippen LogP contribution in [0.15, 0.2) is 11.6 Å². The van der Waals surface area contributed by atoms with Crippen LogP contribution in [-0.2, 0) is 0 Å². The maximum absolute atomic E-state index is 12.0. The van der Waals surface area contributed by atoms with Gasteiger partial charge in [0.1, 0.15) is 10.7 Å². The summed E-state index contributed by atoms with van der Waals surface area (Å²) in [5.41, 5.74) is 6.96. The van der Waals surface area contributed by atoms with E-state index in [0.29, 0.717) is 23.3 Å². The van der Waals surface area contributed by atoms with Gasteiger partial charge in [-0.15, -0.1) is 0 Å². The van der Waals surface area contributed by atoms with Crippen LogP contribution in [0.2, 0.25) is 0 Å². The minimum Gasteiger partial charge on any atom is -0.382 e. The Labute approximate surface area is 117 Å². The largest absolute Gasteiger partial charge is 0.382 e. The molecule has 0 aliphatic heterocycles. The van der Waals surface area contributed by atoms with E-state index in [9.17, 15) is 4.79 Å². The SMILES string of the molecule is CC(C)=CCNC(=O)c1sc(NC2CCC2)nc1N. The highest BCUT2D eigenvalue weighted by Gasteiger charge is 2.21. The highest BCUT2D eigenvalue weighted by molar-refractivity contribution is 7.18. The molecule has 4 N–H and O–H groups in total. The van der Waals surface area contributed by atoms with Crippen LogP contribution in [0.25, 0.3) is 0 Å². The lowest BCUT2D eigenvalue weighted by atomic mass is 9.93. The molecule has 1 saturated carbocycles. The first-order valence-electron chi connectivity index (χ1n) is 6.50. The second-order valence-electron chi connectivity index (χ2n) is 5.00. The number of nitrogens with two attached hydrogens (primary N) is 1. The van der Waals surface area contributed by atoms with Crippen molar-refractivity contribution < 1.29 is 4.79 Å². The molecule has 1 fully saturated rings. The van der Waals surface area contributed by atoms with E-state index >= 15 is 0 Å². The Bertz CT molecular complexity index is 487. The molecule has 19 heavy (non-hydrogen) atoms. The fourth-order valence-corrected chi connectivity index (χ4v) is 2.59. The number of rotatable bonds is 5. The molecule has 104 valence electrons. The Kier molecular flexibility index (Phi) is 4.42. The van der Waals surface area contributed by atoms with Gasteiger partial charge in [0.15, 0.2) is 5.13 Å². The first-order chi connectivity index (χ1) is 9.06. The lowest BCUT2D eigenvalue weighted by Gasteiger charge is -2.25.